The Morgan fingerprint density at radius 2 is 1.19 bits per heavy atom. The van der Waals surface area contributed by atoms with E-state index >= 15 is 0 Å². The summed E-state index contributed by atoms with van der Waals surface area (Å²) in [5.74, 6) is 0. The van der Waals surface area contributed by atoms with Crippen molar-refractivity contribution in [1.29, 1.82) is 0 Å². The average Bonchev–Trinajstić information content (AvgIpc) is 2.85. The molecule has 1 aromatic carbocycles. The first-order valence-electron chi connectivity index (χ1n) is 8.93. The largest absolute Gasteiger partial charge is 3.00 e. The van der Waals surface area contributed by atoms with E-state index in [1.807, 2.05) is 48.5 Å². The molecule has 0 fully saturated rings. The fraction of sp³-hybridized carbons (Fsp3) is 0.238. The van der Waals surface area contributed by atoms with Gasteiger partial charge in [0, 0.05) is 19.0 Å². The zero-order valence-electron chi connectivity index (χ0n) is 18.3. The molecule has 0 aliphatic carbocycles. The molecule has 1 aromatic heterocycles. The summed E-state index contributed by atoms with van der Waals surface area (Å²) in [5, 5.41) is 54.3. The monoisotopic (exact) mass is 489 g/mol. The van der Waals surface area contributed by atoms with E-state index in [0.29, 0.717) is 0 Å². The minimum Gasteiger partial charge on any atom is -0.792 e. The standard InChI is InChI=1S/C8H9O.C5H5N.2C4H8N2O2.Co/c9-7-6-8-4-2-1-3-5-8;1-2-4-6-5-3-1;2*1-3(5-7)4(2)6-8;/h1-6,9H,7H2;1-5H;2*7-8H,1-2H3;/q-1;;;;+3/p-2/b;;2*5-3+,6-4+;. The van der Waals surface area contributed by atoms with Crippen LogP contribution in [0.3, 0.4) is 0 Å². The van der Waals surface area contributed by atoms with Crippen LogP contribution in [0.2, 0.25) is 0 Å². The van der Waals surface area contributed by atoms with E-state index in [9.17, 15) is 10.4 Å². The maximum absolute atomic E-state index is 9.63. The molecule has 2 rings (SSSR count). The van der Waals surface area contributed by atoms with Gasteiger partial charge in [0.15, 0.2) is 0 Å². The van der Waals surface area contributed by atoms with Crippen molar-refractivity contribution in [2.24, 2.45) is 20.6 Å². The van der Waals surface area contributed by atoms with Crippen molar-refractivity contribution >= 4 is 22.8 Å². The number of aliphatic hydroxyl groups excluding tert-OH is 1. The Bertz CT molecular complexity index is 710. The normalized spacial score (nSPS) is 11.2. The van der Waals surface area contributed by atoms with E-state index in [-0.39, 0.29) is 46.2 Å². The molecule has 0 saturated carbocycles. The van der Waals surface area contributed by atoms with Crippen LogP contribution in [0, 0.1) is 16.8 Å². The van der Waals surface area contributed by atoms with Gasteiger partial charge in [-0.2, -0.15) is 24.1 Å². The van der Waals surface area contributed by atoms with E-state index in [4.69, 9.17) is 15.5 Å². The smallest absolute Gasteiger partial charge is 0.792 e. The van der Waals surface area contributed by atoms with Crippen LogP contribution in [0.4, 0.5) is 0 Å². The van der Waals surface area contributed by atoms with Crippen LogP contribution in [-0.4, -0.2) is 50.0 Å². The number of hydrogen-bond acceptors (Lipinski definition) is 10. The number of pyridine rings is 1. The van der Waals surface area contributed by atoms with Crippen molar-refractivity contribution in [2.45, 2.75) is 27.7 Å². The molecule has 0 atom stereocenters. The second kappa shape index (κ2) is 23.9. The van der Waals surface area contributed by atoms with Crippen LogP contribution in [-0.2, 0) is 16.8 Å². The molecule has 0 unspecified atom stereocenters. The van der Waals surface area contributed by atoms with Crippen LogP contribution in [0.15, 0.2) is 81.5 Å². The fourth-order valence-corrected chi connectivity index (χ4v) is 1.28. The molecule has 0 aliphatic rings. The van der Waals surface area contributed by atoms with E-state index in [1.54, 1.807) is 18.8 Å². The Morgan fingerprint density at radius 3 is 1.41 bits per heavy atom. The zero-order valence-corrected chi connectivity index (χ0v) is 19.3. The molecule has 0 aliphatic heterocycles. The molecule has 0 spiro atoms. The second-order valence-electron chi connectivity index (χ2n) is 5.55. The Labute approximate surface area is 198 Å². The Balaban J connectivity index is -0.000000350. The first kappa shape index (κ1) is 33.2. The van der Waals surface area contributed by atoms with Gasteiger partial charge in [-0.05, 0) is 39.8 Å². The third-order valence-corrected chi connectivity index (χ3v) is 3.31. The molecule has 0 amide bonds. The number of aromatic nitrogens is 1. The van der Waals surface area contributed by atoms with Gasteiger partial charge in [-0.25, -0.2) is 0 Å². The Kier molecular flexibility index (Phi) is 24.8. The van der Waals surface area contributed by atoms with Gasteiger partial charge in [-0.1, -0.05) is 22.4 Å². The molecule has 3 N–H and O–H groups in total. The van der Waals surface area contributed by atoms with Gasteiger partial charge < -0.3 is 36.2 Å². The molecule has 1 heterocycles. The summed E-state index contributed by atoms with van der Waals surface area (Å²) in [6.45, 7) is 6.06. The number of benzene rings is 1. The van der Waals surface area contributed by atoms with Gasteiger partial charge in [-0.15, -0.1) is 12.1 Å². The third kappa shape index (κ3) is 19.9. The predicted octanol–water partition coefficient (Wildman–Crippen LogP) is 3.90. The Hall–Kier alpha value is -3.41. The third-order valence-electron chi connectivity index (χ3n) is 3.31. The number of aliphatic hydroxyl groups is 1. The van der Waals surface area contributed by atoms with Gasteiger partial charge in [0.05, 0.1) is 22.8 Å². The van der Waals surface area contributed by atoms with Crippen molar-refractivity contribution in [3.8, 4) is 0 Å². The number of oxime groups is 2. The molecule has 0 bridgehead atoms. The van der Waals surface area contributed by atoms with Gasteiger partial charge in [0.1, 0.15) is 0 Å². The minimum atomic E-state index is 0. The van der Waals surface area contributed by atoms with Gasteiger partial charge in [0.2, 0.25) is 0 Å². The van der Waals surface area contributed by atoms with Gasteiger partial charge in [0.25, 0.3) is 0 Å². The van der Waals surface area contributed by atoms with Crippen molar-refractivity contribution in [3.05, 3.63) is 83.3 Å². The van der Waals surface area contributed by atoms with Crippen LogP contribution >= 0.6 is 0 Å². The molecule has 10 nitrogen and oxygen atoms in total. The SMILES string of the molecule is CC(=N\[O-])/C(C)=N/O.CC(=N\[O-])/C(C)=N/O.OC[CH-]c1ccccc1.[Co+3].c1ccncc1. The average molecular weight is 489 g/mol. The summed E-state index contributed by atoms with van der Waals surface area (Å²) >= 11 is 0. The van der Waals surface area contributed by atoms with Crippen molar-refractivity contribution in [3.63, 3.8) is 0 Å². The molecule has 11 heteroatoms. The summed E-state index contributed by atoms with van der Waals surface area (Å²) in [4.78, 5) is 3.78. The summed E-state index contributed by atoms with van der Waals surface area (Å²) < 4.78 is 0. The van der Waals surface area contributed by atoms with E-state index in [2.05, 4.69) is 25.6 Å². The molecular formula is C21H28CoN5O5. The molecule has 0 saturated heterocycles. The maximum atomic E-state index is 9.63. The summed E-state index contributed by atoms with van der Waals surface area (Å²) in [5.41, 5.74) is 1.97. The maximum Gasteiger partial charge on any atom is 3.00 e. The molecule has 0 radical (unpaired) electrons. The van der Waals surface area contributed by atoms with E-state index in [0.717, 1.165) is 5.56 Å². The van der Waals surface area contributed by atoms with E-state index < -0.39 is 0 Å². The van der Waals surface area contributed by atoms with Crippen LogP contribution in [0.5, 0.6) is 0 Å². The molecule has 32 heavy (non-hydrogen) atoms. The molecule has 176 valence electrons. The van der Waals surface area contributed by atoms with Crippen molar-refractivity contribution in [1.82, 2.24) is 4.98 Å². The van der Waals surface area contributed by atoms with Gasteiger partial charge in [-0.3, -0.25) is 4.98 Å². The van der Waals surface area contributed by atoms with Crippen LogP contribution < -0.4 is 0 Å². The predicted molar refractivity (Wildman–Crippen MR) is 124 cm³/mol. The quantitative estimate of drug-likeness (QED) is 0.255. The fourth-order valence-electron chi connectivity index (χ4n) is 1.28. The number of rotatable bonds is 4. The summed E-state index contributed by atoms with van der Waals surface area (Å²) in [6, 6.07) is 15.5. The number of hydrogen-bond donors (Lipinski definition) is 3. The van der Waals surface area contributed by atoms with Gasteiger partial charge >= 0.3 is 16.8 Å². The Morgan fingerprint density at radius 1 is 0.781 bits per heavy atom. The second-order valence-corrected chi connectivity index (χ2v) is 5.55. The summed E-state index contributed by atoms with van der Waals surface area (Å²) in [7, 11) is 0. The topological polar surface area (TPSA) is 169 Å². The van der Waals surface area contributed by atoms with Crippen molar-refractivity contribution in [2.75, 3.05) is 6.61 Å². The molecule has 2 aromatic rings. The first-order chi connectivity index (χ1) is 14.9. The number of nitrogens with zero attached hydrogens (tertiary/aromatic N) is 5. The van der Waals surface area contributed by atoms with Crippen molar-refractivity contribution < 1.29 is 32.3 Å². The zero-order chi connectivity index (χ0) is 23.9. The minimum absolute atomic E-state index is 0. The van der Waals surface area contributed by atoms with Crippen LogP contribution in [0.25, 0.3) is 0 Å². The van der Waals surface area contributed by atoms with Crippen LogP contribution in [0.1, 0.15) is 33.3 Å². The molecular weight excluding hydrogens is 461 g/mol. The van der Waals surface area contributed by atoms with E-state index in [1.165, 1.54) is 27.7 Å². The summed E-state index contributed by atoms with van der Waals surface area (Å²) in [6.07, 6.45) is 5.26. The first-order valence-corrected chi connectivity index (χ1v) is 8.93.